The Morgan fingerprint density at radius 2 is 2.55 bits per heavy atom. The quantitative estimate of drug-likeness (QED) is 0.606. The largest absolute Gasteiger partial charge is 0.481 e. The first kappa shape index (κ1) is 8.49. The molecule has 0 unspecified atom stereocenters. The van der Waals surface area contributed by atoms with Crippen LogP contribution in [0.15, 0.2) is 0 Å². The Balaban J connectivity index is 2.28. The maximum atomic E-state index is 10.2. The van der Waals surface area contributed by atoms with E-state index in [1.807, 2.05) is 0 Å². The number of carbonyl (C=O) groups is 1. The third kappa shape index (κ3) is 2.48. The van der Waals surface area contributed by atoms with Gasteiger partial charge >= 0.3 is 5.97 Å². The highest BCUT2D eigenvalue weighted by Crippen LogP contribution is 2.15. The standard InChI is InChI=1S/C7H13NO3/c8-5(4-7(9)10)6-2-1-3-11-6/h5-6H,1-4,8H2,(H,9,10)/t5-,6-/m0/s1. The molecule has 0 bridgehead atoms. The third-order valence-electron chi connectivity index (χ3n) is 1.85. The fourth-order valence-corrected chi connectivity index (χ4v) is 1.27. The number of aliphatic carboxylic acids is 1. The lowest BCUT2D eigenvalue weighted by atomic mass is 10.1. The van der Waals surface area contributed by atoms with Crippen LogP contribution < -0.4 is 5.73 Å². The molecule has 1 saturated heterocycles. The van der Waals surface area contributed by atoms with Gasteiger partial charge in [-0.05, 0) is 12.8 Å². The second-order valence-corrected chi connectivity index (χ2v) is 2.81. The van der Waals surface area contributed by atoms with E-state index in [1.54, 1.807) is 0 Å². The maximum absolute atomic E-state index is 10.2. The second kappa shape index (κ2) is 3.69. The van der Waals surface area contributed by atoms with Crippen molar-refractivity contribution in [1.82, 2.24) is 0 Å². The van der Waals surface area contributed by atoms with E-state index in [0.717, 1.165) is 19.4 Å². The fraction of sp³-hybridized carbons (Fsp3) is 0.857. The molecular weight excluding hydrogens is 146 g/mol. The minimum Gasteiger partial charge on any atom is -0.481 e. The molecule has 0 aromatic carbocycles. The van der Waals surface area contributed by atoms with Crippen LogP contribution in [0.3, 0.4) is 0 Å². The minimum absolute atomic E-state index is 0.00463. The Morgan fingerprint density at radius 1 is 1.82 bits per heavy atom. The van der Waals surface area contributed by atoms with Crippen molar-refractivity contribution in [3.63, 3.8) is 0 Å². The molecule has 1 aliphatic rings. The van der Waals surface area contributed by atoms with Gasteiger partial charge in [0.25, 0.3) is 0 Å². The molecule has 1 aliphatic heterocycles. The molecule has 0 spiro atoms. The van der Waals surface area contributed by atoms with Gasteiger partial charge in [0.1, 0.15) is 0 Å². The molecule has 4 heteroatoms. The predicted octanol–water partition coefficient (Wildman–Crippen LogP) is -0.0326. The van der Waals surface area contributed by atoms with Crippen molar-refractivity contribution in [1.29, 1.82) is 0 Å². The molecular formula is C7H13NO3. The van der Waals surface area contributed by atoms with Gasteiger partial charge in [0.2, 0.25) is 0 Å². The van der Waals surface area contributed by atoms with Gasteiger partial charge in [-0.2, -0.15) is 0 Å². The number of carboxylic acid groups (broad SMARTS) is 1. The molecule has 3 N–H and O–H groups in total. The van der Waals surface area contributed by atoms with Gasteiger partial charge in [-0.1, -0.05) is 0 Å². The average molecular weight is 159 g/mol. The summed E-state index contributed by atoms with van der Waals surface area (Å²) >= 11 is 0. The summed E-state index contributed by atoms with van der Waals surface area (Å²) in [7, 11) is 0. The van der Waals surface area contributed by atoms with Gasteiger partial charge in [0.15, 0.2) is 0 Å². The maximum Gasteiger partial charge on any atom is 0.305 e. The van der Waals surface area contributed by atoms with Crippen LogP contribution >= 0.6 is 0 Å². The smallest absolute Gasteiger partial charge is 0.305 e. The molecule has 64 valence electrons. The van der Waals surface area contributed by atoms with Crippen LogP contribution in [0.5, 0.6) is 0 Å². The minimum atomic E-state index is -0.854. The first-order chi connectivity index (χ1) is 5.20. The van der Waals surface area contributed by atoms with Crippen LogP contribution in [0.2, 0.25) is 0 Å². The van der Waals surface area contributed by atoms with Crippen molar-refractivity contribution in [3.8, 4) is 0 Å². The van der Waals surface area contributed by atoms with Crippen molar-refractivity contribution in [2.24, 2.45) is 5.73 Å². The molecule has 4 nitrogen and oxygen atoms in total. The molecule has 0 aliphatic carbocycles. The zero-order chi connectivity index (χ0) is 8.27. The van der Waals surface area contributed by atoms with E-state index in [0.29, 0.717) is 0 Å². The Bertz CT molecular complexity index is 143. The number of nitrogens with two attached hydrogens (primary N) is 1. The summed E-state index contributed by atoms with van der Waals surface area (Å²) in [6.07, 6.45) is 1.86. The first-order valence-electron chi connectivity index (χ1n) is 3.79. The van der Waals surface area contributed by atoms with Gasteiger partial charge < -0.3 is 15.6 Å². The summed E-state index contributed by atoms with van der Waals surface area (Å²) in [5.74, 6) is -0.854. The molecule has 0 radical (unpaired) electrons. The predicted molar refractivity (Wildman–Crippen MR) is 39.2 cm³/mol. The van der Waals surface area contributed by atoms with Gasteiger partial charge in [0.05, 0.1) is 12.5 Å². The molecule has 0 amide bonds. The van der Waals surface area contributed by atoms with Crippen LogP contribution in [-0.4, -0.2) is 29.8 Å². The highest BCUT2D eigenvalue weighted by molar-refractivity contribution is 5.67. The van der Waals surface area contributed by atoms with E-state index in [1.165, 1.54) is 0 Å². The van der Waals surface area contributed by atoms with E-state index >= 15 is 0 Å². The van der Waals surface area contributed by atoms with E-state index < -0.39 is 5.97 Å². The molecule has 1 fully saturated rings. The highest BCUT2D eigenvalue weighted by atomic mass is 16.5. The molecule has 1 heterocycles. The SMILES string of the molecule is N[C@@H](CC(=O)O)[C@@H]1CCCO1. The summed E-state index contributed by atoms with van der Waals surface area (Å²) in [4.78, 5) is 10.2. The Morgan fingerprint density at radius 3 is 3.00 bits per heavy atom. The molecule has 0 aromatic rings. The summed E-state index contributed by atoms with van der Waals surface area (Å²) in [5.41, 5.74) is 5.57. The number of carboxylic acids is 1. The van der Waals surface area contributed by atoms with E-state index in [-0.39, 0.29) is 18.6 Å². The van der Waals surface area contributed by atoms with Crippen LogP contribution in [0.4, 0.5) is 0 Å². The zero-order valence-electron chi connectivity index (χ0n) is 6.32. The Hall–Kier alpha value is -0.610. The average Bonchev–Trinajstić information content (AvgIpc) is 2.35. The normalized spacial score (nSPS) is 26.8. The lowest BCUT2D eigenvalue weighted by Gasteiger charge is -2.15. The van der Waals surface area contributed by atoms with Crippen LogP contribution in [-0.2, 0) is 9.53 Å². The second-order valence-electron chi connectivity index (χ2n) is 2.81. The molecule has 11 heavy (non-hydrogen) atoms. The Labute approximate surface area is 65.3 Å². The highest BCUT2D eigenvalue weighted by Gasteiger charge is 2.24. The number of hydrogen-bond donors (Lipinski definition) is 2. The van der Waals surface area contributed by atoms with Crippen molar-refractivity contribution in [2.45, 2.75) is 31.4 Å². The van der Waals surface area contributed by atoms with Crippen molar-refractivity contribution >= 4 is 5.97 Å². The van der Waals surface area contributed by atoms with Crippen molar-refractivity contribution < 1.29 is 14.6 Å². The van der Waals surface area contributed by atoms with Crippen molar-refractivity contribution in [3.05, 3.63) is 0 Å². The summed E-state index contributed by atoms with van der Waals surface area (Å²) in [6, 6.07) is -0.338. The lowest BCUT2D eigenvalue weighted by molar-refractivity contribution is -0.138. The molecule has 2 atom stereocenters. The number of rotatable bonds is 3. The van der Waals surface area contributed by atoms with Crippen LogP contribution in [0.25, 0.3) is 0 Å². The summed E-state index contributed by atoms with van der Waals surface area (Å²) < 4.78 is 5.23. The number of ether oxygens (including phenoxy) is 1. The lowest BCUT2D eigenvalue weighted by Crippen LogP contribution is -2.36. The van der Waals surface area contributed by atoms with E-state index in [4.69, 9.17) is 15.6 Å². The van der Waals surface area contributed by atoms with Gasteiger partial charge in [0, 0.05) is 12.6 Å². The molecule has 0 aromatic heterocycles. The van der Waals surface area contributed by atoms with Crippen LogP contribution in [0, 0.1) is 0 Å². The number of hydrogen-bond acceptors (Lipinski definition) is 3. The Kier molecular flexibility index (Phi) is 2.84. The molecule has 1 rings (SSSR count). The van der Waals surface area contributed by atoms with Gasteiger partial charge in [-0.15, -0.1) is 0 Å². The van der Waals surface area contributed by atoms with Crippen LogP contribution in [0.1, 0.15) is 19.3 Å². The fourth-order valence-electron chi connectivity index (χ4n) is 1.27. The van der Waals surface area contributed by atoms with E-state index in [2.05, 4.69) is 0 Å². The molecule has 0 saturated carbocycles. The summed E-state index contributed by atoms with van der Waals surface area (Å²) in [5, 5.41) is 8.41. The van der Waals surface area contributed by atoms with E-state index in [9.17, 15) is 4.79 Å². The third-order valence-corrected chi connectivity index (χ3v) is 1.85. The van der Waals surface area contributed by atoms with Gasteiger partial charge in [-0.3, -0.25) is 4.79 Å². The van der Waals surface area contributed by atoms with Crippen molar-refractivity contribution in [2.75, 3.05) is 6.61 Å². The zero-order valence-corrected chi connectivity index (χ0v) is 6.32. The monoisotopic (exact) mass is 159 g/mol. The topological polar surface area (TPSA) is 72.6 Å². The summed E-state index contributed by atoms with van der Waals surface area (Å²) in [6.45, 7) is 0.720. The first-order valence-corrected chi connectivity index (χ1v) is 3.79. The van der Waals surface area contributed by atoms with Gasteiger partial charge in [-0.25, -0.2) is 0 Å².